The SMILES string of the molecule is CCC(Sc1nc(-c2ccccc2)cc(-c2ccccc2)c1C#N)C(=O)Nc1sc2c(c1C#N)CCN(C)C2. The van der Waals surface area contributed by atoms with E-state index >= 15 is 0 Å². The van der Waals surface area contributed by atoms with Gasteiger partial charge in [-0.05, 0) is 37.1 Å². The number of carbonyl (C=O) groups excluding carboxylic acids is 1. The minimum atomic E-state index is -0.493. The Morgan fingerprint density at radius 2 is 1.74 bits per heavy atom. The number of anilines is 1. The number of pyridine rings is 1. The second kappa shape index (κ2) is 11.8. The van der Waals surface area contributed by atoms with Crippen LogP contribution in [0.1, 0.15) is 34.9 Å². The molecule has 39 heavy (non-hydrogen) atoms. The number of thioether (sulfide) groups is 1. The van der Waals surface area contributed by atoms with Crippen LogP contribution < -0.4 is 5.32 Å². The van der Waals surface area contributed by atoms with Crippen LogP contribution >= 0.6 is 23.1 Å². The molecule has 0 saturated heterocycles. The summed E-state index contributed by atoms with van der Waals surface area (Å²) in [7, 11) is 2.06. The fourth-order valence-corrected chi connectivity index (χ4v) is 7.01. The Morgan fingerprint density at radius 3 is 2.38 bits per heavy atom. The third kappa shape index (κ3) is 5.60. The molecule has 194 valence electrons. The average molecular weight is 550 g/mol. The number of rotatable bonds is 7. The number of carbonyl (C=O) groups is 1. The number of nitrogens with one attached hydrogen (secondary N) is 1. The van der Waals surface area contributed by atoms with Gasteiger partial charge in [0.15, 0.2) is 0 Å². The molecule has 1 amide bonds. The van der Waals surface area contributed by atoms with Crippen molar-refractivity contribution in [3.8, 4) is 34.5 Å². The van der Waals surface area contributed by atoms with E-state index in [2.05, 4.69) is 29.4 Å². The normalized spacial score (nSPS) is 13.6. The summed E-state index contributed by atoms with van der Waals surface area (Å²) in [5, 5.41) is 23.8. The van der Waals surface area contributed by atoms with E-state index in [0.717, 1.165) is 52.3 Å². The molecule has 8 heteroatoms. The summed E-state index contributed by atoms with van der Waals surface area (Å²) >= 11 is 2.79. The highest BCUT2D eigenvalue weighted by Gasteiger charge is 2.27. The molecule has 0 spiro atoms. The quantitative estimate of drug-likeness (QED) is 0.257. The highest BCUT2D eigenvalue weighted by Crippen LogP contribution is 2.39. The van der Waals surface area contributed by atoms with Crippen LogP contribution in [-0.2, 0) is 17.8 Å². The highest BCUT2D eigenvalue weighted by atomic mass is 32.2. The Balaban J connectivity index is 1.50. The van der Waals surface area contributed by atoms with Crippen LogP contribution in [0.3, 0.4) is 0 Å². The van der Waals surface area contributed by atoms with E-state index in [-0.39, 0.29) is 5.91 Å². The fourth-order valence-electron chi connectivity index (χ4n) is 4.70. The Morgan fingerprint density at radius 1 is 1.08 bits per heavy atom. The summed E-state index contributed by atoms with van der Waals surface area (Å²) in [4.78, 5) is 21.8. The van der Waals surface area contributed by atoms with E-state index in [9.17, 15) is 15.3 Å². The first-order valence-corrected chi connectivity index (χ1v) is 14.5. The summed E-state index contributed by atoms with van der Waals surface area (Å²) in [6.45, 7) is 3.62. The predicted octanol–water partition coefficient (Wildman–Crippen LogP) is 6.72. The molecule has 2 aromatic carbocycles. The van der Waals surface area contributed by atoms with Gasteiger partial charge in [0.05, 0.1) is 22.1 Å². The predicted molar refractivity (Wildman–Crippen MR) is 157 cm³/mol. The molecule has 0 bridgehead atoms. The van der Waals surface area contributed by atoms with E-state index in [1.165, 1.54) is 23.1 Å². The molecule has 1 N–H and O–H groups in total. The van der Waals surface area contributed by atoms with E-state index in [0.29, 0.717) is 27.6 Å². The van der Waals surface area contributed by atoms with Crippen molar-refractivity contribution in [1.82, 2.24) is 9.88 Å². The molecule has 1 aliphatic rings. The van der Waals surface area contributed by atoms with Crippen LogP contribution in [-0.4, -0.2) is 34.6 Å². The second-order valence-corrected chi connectivity index (χ2v) is 11.7. The lowest BCUT2D eigenvalue weighted by Gasteiger charge is -2.21. The first-order valence-electron chi connectivity index (χ1n) is 12.8. The van der Waals surface area contributed by atoms with Gasteiger partial charge in [0.25, 0.3) is 0 Å². The van der Waals surface area contributed by atoms with Crippen LogP contribution in [0.2, 0.25) is 0 Å². The summed E-state index contributed by atoms with van der Waals surface area (Å²) in [6, 6.07) is 26.2. The number of nitrogens with zero attached hydrogens (tertiary/aromatic N) is 4. The third-order valence-corrected chi connectivity index (χ3v) is 9.25. The largest absolute Gasteiger partial charge is 0.316 e. The van der Waals surface area contributed by atoms with Crippen LogP contribution in [0.25, 0.3) is 22.4 Å². The number of likely N-dealkylation sites (N-methyl/N-ethyl adjacent to an activating group) is 1. The van der Waals surface area contributed by atoms with Gasteiger partial charge < -0.3 is 10.2 Å². The number of fused-ring (bicyclic) bond motifs is 1. The summed E-state index contributed by atoms with van der Waals surface area (Å²) in [5.74, 6) is -0.192. The number of amides is 1. The lowest BCUT2D eigenvalue weighted by molar-refractivity contribution is -0.115. The fraction of sp³-hybridized carbons (Fsp3) is 0.226. The molecular weight excluding hydrogens is 523 g/mol. The van der Waals surface area contributed by atoms with Crippen molar-refractivity contribution >= 4 is 34.0 Å². The van der Waals surface area contributed by atoms with Crippen molar-refractivity contribution in [2.45, 2.75) is 36.6 Å². The molecule has 0 fully saturated rings. The van der Waals surface area contributed by atoms with E-state index in [4.69, 9.17) is 4.98 Å². The van der Waals surface area contributed by atoms with Gasteiger partial charge in [0, 0.05) is 29.1 Å². The molecule has 1 unspecified atom stereocenters. The second-order valence-electron chi connectivity index (χ2n) is 9.39. The molecule has 1 aliphatic heterocycles. The molecule has 3 heterocycles. The number of thiophene rings is 1. The smallest absolute Gasteiger partial charge is 0.238 e. The van der Waals surface area contributed by atoms with Crippen molar-refractivity contribution < 1.29 is 4.79 Å². The van der Waals surface area contributed by atoms with Crippen LogP contribution in [0.4, 0.5) is 5.00 Å². The Hall–Kier alpha value is -3.95. The van der Waals surface area contributed by atoms with Crippen LogP contribution in [0.15, 0.2) is 71.8 Å². The van der Waals surface area contributed by atoms with E-state index < -0.39 is 5.25 Å². The van der Waals surface area contributed by atoms with E-state index in [1.54, 1.807) is 0 Å². The average Bonchev–Trinajstić information content (AvgIpc) is 3.31. The molecule has 0 radical (unpaired) electrons. The number of benzene rings is 2. The summed E-state index contributed by atoms with van der Waals surface area (Å²) in [6.07, 6.45) is 1.34. The van der Waals surface area contributed by atoms with Crippen molar-refractivity contribution in [2.24, 2.45) is 0 Å². The highest BCUT2D eigenvalue weighted by molar-refractivity contribution is 8.00. The third-order valence-electron chi connectivity index (χ3n) is 6.77. The minimum Gasteiger partial charge on any atom is -0.316 e. The number of nitriles is 2. The van der Waals surface area contributed by atoms with Crippen molar-refractivity contribution in [2.75, 3.05) is 18.9 Å². The zero-order valence-corrected chi connectivity index (χ0v) is 23.4. The van der Waals surface area contributed by atoms with Gasteiger partial charge in [-0.25, -0.2) is 4.98 Å². The monoisotopic (exact) mass is 549 g/mol. The van der Waals surface area contributed by atoms with E-state index in [1.807, 2.05) is 73.7 Å². The van der Waals surface area contributed by atoms with Crippen molar-refractivity contribution in [1.29, 1.82) is 10.5 Å². The lowest BCUT2D eigenvalue weighted by Crippen LogP contribution is -2.25. The van der Waals surface area contributed by atoms with Gasteiger partial charge in [0.2, 0.25) is 5.91 Å². The van der Waals surface area contributed by atoms with Gasteiger partial charge in [-0.3, -0.25) is 4.79 Å². The van der Waals surface area contributed by atoms with Crippen molar-refractivity contribution in [3.05, 3.63) is 88.3 Å². The zero-order valence-electron chi connectivity index (χ0n) is 21.8. The lowest BCUT2D eigenvalue weighted by atomic mass is 9.99. The van der Waals surface area contributed by atoms with Crippen molar-refractivity contribution in [3.63, 3.8) is 0 Å². The first kappa shape index (κ1) is 26.6. The molecular formula is C31H27N5OS2. The topological polar surface area (TPSA) is 92.8 Å². The number of hydrogen-bond donors (Lipinski definition) is 1. The van der Waals surface area contributed by atoms with Crippen LogP contribution in [0, 0.1) is 22.7 Å². The maximum absolute atomic E-state index is 13.5. The van der Waals surface area contributed by atoms with Gasteiger partial charge in [0.1, 0.15) is 22.2 Å². The standard InChI is InChI=1S/C31H27N5OS2/c1-3-27(29(37)35-31-24(17-32)22-14-15-36(2)19-28(22)39-31)38-30-25(18-33)23(20-10-6-4-7-11-20)16-26(34-30)21-12-8-5-9-13-21/h4-13,16,27H,3,14-15,19H2,1-2H3,(H,35,37). The van der Waals surface area contributed by atoms with Gasteiger partial charge in [-0.15, -0.1) is 11.3 Å². The van der Waals surface area contributed by atoms with Gasteiger partial charge in [-0.1, -0.05) is 79.3 Å². The number of hydrogen-bond acceptors (Lipinski definition) is 7. The maximum Gasteiger partial charge on any atom is 0.238 e. The minimum absolute atomic E-state index is 0.192. The molecule has 2 aromatic heterocycles. The van der Waals surface area contributed by atoms with Gasteiger partial charge >= 0.3 is 0 Å². The molecule has 6 nitrogen and oxygen atoms in total. The zero-order chi connectivity index (χ0) is 27.4. The van der Waals surface area contributed by atoms with Gasteiger partial charge in [-0.2, -0.15) is 10.5 Å². The Bertz CT molecular complexity index is 1590. The first-order chi connectivity index (χ1) is 19.0. The summed E-state index contributed by atoms with van der Waals surface area (Å²) < 4.78 is 0. The number of aromatic nitrogens is 1. The molecule has 0 saturated carbocycles. The summed E-state index contributed by atoms with van der Waals surface area (Å²) in [5.41, 5.74) is 5.45. The molecule has 4 aromatic rings. The Kier molecular flexibility index (Phi) is 8.09. The molecule has 1 atom stereocenters. The molecule has 5 rings (SSSR count). The molecule has 0 aliphatic carbocycles. The maximum atomic E-state index is 13.5. The van der Waals surface area contributed by atoms with Crippen LogP contribution in [0.5, 0.6) is 0 Å². The Labute approximate surface area is 236 Å².